The van der Waals surface area contributed by atoms with Crippen molar-refractivity contribution in [2.75, 3.05) is 0 Å². The summed E-state index contributed by atoms with van der Waals surface area (Å²) in [5.41, 5.74) is -2.06. The van der Waals surface area contributed by atoms with Gasteiger partial charge in [0.15, 0.2) is 0 Å². The molecule has 0 aromatic heterocycles. The number of benzene rings is 1. The number of carboxylic acid groups (broad SMARTS) is 1. The minimum atomic E-state index is -4.46. The Hall–Kier alpha value is -2.05. The van der Waals surface area contributed by atoms with Gasteiger partial charge in [0, 0.05) is 6.04 Å². The van der Waals surface area contributed by atoms with Crippen molar-refractivity contribution in [2.45, 2.75) is 38.4 Å². The number of carbonyl (C=O) groups excluding carboxylic acids is 1. The van der Waals surface area contributed by atoms with Crippen LogP contribution in [0, 0.1) is 5.41 Å². The molecule has 0 bridgehead atoms. The first-order valence-electron chi connectivity index (χ1n) is 6.86. The minimum Gasteiger partial charge on any atom is -0.480 e. The number of aliphatic carboxylic acids is 1. The fourth-order valence-electron chi connectivity index (χ4n) is 2.38. The van der Waals surface area contributed by atoms with Gasteiger partial charge < -0.3 is 10.4 Å². The average Bonchev–Trinajstić information content (AvgIpc) is 3.19. The normalized spacial score (nSPS) is 17.6. The molecule has 7 heteroatoms. The number of rotatable bonds is 5. The van der Waals surface area contributed by atoms with Gasteiger partial charge in [-0.25, -0.2) is 0 Å². The molecule has 0 saturated heterocycles. The van der Waals surface area contributed by atoms with E-state index in [4.69, 9.17) is 5.11 Å². The number of hydrogen-bond acceptors (Lipinski definition) is 2. The zero-order valence-electron chi connectivity index (χ0n) is 11.9. The van der Waals surface area contributed by atoms with Gasteiger partial charge in [-0.3, -0.25) is 9.59 Å². The van der Waals surface area contributed by atoms with Gasteiger partial charge in [-0.15, -0.1) is 0 Å². The Morgan fingerprint density at radius 1 is 1.32 bits per heavy atom. The van der Waals surface area contributed by atoms with Crippen molar-refractivity contribution in [2.24, 2.45) is 5.41 Å². The highest BCUT2D eigenvalue weighted by Gasteiger charge is 2.57. The van der Waals surface area contributed by atoms with E-state index in [0.29, 0.717) is 0 Å². The molecule has 2 rings (SSSR count). The summed E-state index contributed by atoms with van der Waals surface area (Å²) in [6.45, 7) is 1.56. The molecular formula is C15H16F3NO3. The number of nitrogens with one attached hydrogen (secondary N) is 1. The number of hydrogen-bond donors (Lipinski definition) is 2. The zero-order valence-corrected chi connectivity index (χ0v) is 11.9. The summed E-state index contributed by atoms with van der Waals surface area (Å²) in [7, 11) is 0. The van der Waals surface area contributed by atoms with Gasteiger partial charge in [-0.2, -0.15) is 13.2 Å². The van der Waals surface area contributed by atoms with E-state index < -0.39 is 35.1 Å². The van der Waals surface area contributed by atoms with E-state index in [9.17, 15) is 22.8 Å². The third-order valence-electron chi connectivity index (χ3n) is 3.82. The molecule has 1 unspecified atom stereocenters. The van der Waals surface area contributed by atoms with E-state index in [1.54, 1.807) is 6.92 Å². The van der Waals surface area contributed by atoms with Gasteiger partial charge in [0.1, 0.15) is 5.41 Å². The molecule has 1 amide bonds. The number of carboxylic acids is 1. The third-order valence-corrected chi connectivity index (χ3v) is 3.82. The standard InChI is InChI=1S/C15H16F3NO3/c1-9(19-12(20)14(6-7-14)13(21)22)8-10-4-2-3-5-11(10)15(16,17)18/h2-5,9H,6-8H2,1H3,(H,19,20)(H,21,22). The van der Waals surface area contributed by atoms with Crippen LogP contribution < -0.4 is 5.32 Å². The van der Waals surface area contributed by atoms with Crippen molar-refractivity contribution in [3.05, 3.63) is 35.4 Å². The fourth-order valence-corrected chi connectivity index (χ4v) is 2.38. The summed E-state index contributed by atoms with van der Waals surface area (Å²) in [6.07, 6.45) is -3.95. The van der Waals surface area contributed by atoms with Crippen molar-refractivity contribution in [3.63, 3.8) is 0 Å². The Bertz CT molecular complexity index is 594. The maximum Gasteiger partial charge on any atom is 0.416 e. The molecule has 1 aromatic carbocycles. The van der Waals surface area contributed by atoms with Gasteiger partial charge >= 0.3 is 12.1 Å². The maximum atomic E-state index is 12.9. The molecule has 1 saturated carbocycles. The topological polar surface area (TPSA) is 66.4 Å². The fraction of sp³-hybridized carbons (Fsp3) is 0.467. The summed E-state index contributed by atoms with van der Waals surface area (Å²) in [5, 5.41) is 11.5. The van der Waals surface area contributed by atoms with E-state index >= 15 is 0 Å². The first-order chi connectivity index (χ1) is 10.2. The summed E-state index contributed by atoms with van der Waals surface area (Å²) in [5.74, 6) is -1.81. The van der Waals surface area contributed by atoms with Crippen LogP contribution in [0.2, 0.25) is 0 Å². The van der Waals surface area contributed by atoms with Crippen LogP contribution in [0.1, 0.15) is 30.9 Å². The second-order valence-electron chi connectivity index (χ2n) is 5.62. The predicted octanol–water partition coefficient (Wildman–Crippen LogP) is 2.62. The van der Waals surface area contributed by atoms with Crippen LogP contribution in [-0.2, 0) is 22.2 Å². The van der Waals surface area contributed by atoms with Crippen molar-refractivity contribution in [1.29, 1.82) is 0 Å². The Balaban J connectivity index is 2.06. The number of amides is 1. The molecule has 4 nitrogen and oxygen atoms in total. The third kappa shape index (κ3) is 3.23. The quantitative estimate of drug-likeness (QED) is 0.821. The zero-order chi connectivity index (χ0) is 16.5. The Labute approximate surface area is 125 Å². The Kier molecular flexibility index (Phi) is 4.17. The van der Waals surface area contributed by atoms with Gasteiger partial charge in [0.2, 0.25) is 5.91 Å². The lowest BCUT2D eigenvalue weighted by molar-refractivity contribution is -0.149. The van der Waals surface area contributed by atoms with E-state index in [0.717, 1.165) is 6.07 Å². The molecule has 1 atom stereocenters. The maximum absolute atomic E-state index is 12.9. The van der Waals surface area contributed by atoms with Crippen LogP contribution in [0.3, 0.4) is 0 Å². The summed E-state index contributed by atoms with van der Waals surface area (Å²) < 4.78 is 38.7. The molecule has 1 aliphatic carbocycles. The number of carbonyl (C=O) groups is 2. The van der Waals surface area contributed by atoms with Crippen LogP contribution in [0.4, 0.5) is 13.2 Å². The Morgan fingerprint density at radius 2 is 1.91 bits per heavy atom. The molecule has 22 heavy (non-hydrogen) atoms. The molecule has 1 aromatic rings. The van der Waals surface area contributed by atoms with Crippen molar-refractivity contribution >= 4 is 11.9 Å². The van der Waals surface area contributed by atoms with Gasteiger partial charge in [0.25, 0.3) is 0 Å². The van der Waals surface area contributed by atoms with Crippen LogP contribution >= 0.6 is 0 Å². The largest absolute Gasteiger partial charge is 0.480 e. The highest BCUT2D eigenvalue weighted by Crippen LogP contribution is 2.46. The Morgan fingerprint density at radius 3 is 2.41 bits per heavy atom. The van der Waals surface area contributed by atoms with Crippen LogP contribution in [-0.4, -0.2) is 23.0 Å². The van der Waals surface area contributed by atoms with E-state index in [1.165, 1.54) is 18.2 Å². The molecule has 0 heterocycles. The first kappa shape index (κ1) is 16.3. The molecule has 0 aliphatic heterocycles. The highest BCUT2D eigenvalue weighted by molar-refractivity contribution is 6.04. The minimum absolute atomic E-state index is 0.0167. The average molecular weight is 315 g/mol. The van der Waals surface area contributed by atoms with Gasteiger partial charge in [-0.05, 0) is 37.8 Å². The lowest BCUT2D eigenvalue weighted by Gasteiger charge is -2.19. The van der Waals surface area contributed by atoms with Crippen LogP contribution in [0.25, 0.3) is 0 Å². The number of halogens is 3. The molecule has 1 fully saturated rings. The summed E-state index contributed by atoms with van der Waals surface area (Å²) in [6, 6.07) is 4.56. The molecule has 0 spiro atoms. The second kappa shape index (κ2) is 5.62. The molecule has 0 radical (unpaired) electrons. The second-order valence-corrected chi connectivity index (χ2v) is 5.62. The smallest absolute Gasteiger partial charge is 0.416 e. The molecule has 2 N–H and O–H groups in total. The van der Waals surface area contributed by atoms with Gasteiger partial charge in [-0.1, -0.05) is 18.2 Å². The monoisotopic (exact) mass is 315 g/mol. The van der Waals surface area contributed by atoms with Crippen molar-refractivity contribution < 1.29 is 27.9 Å². The number of alkyl halides is 3. The molecule has 120 valence electrons. The first-order valence-corrected chi connectivity index (χ1v) is 6.86. The molecular weight excluding hydrogens is 299 g/mol. The van der Waals surface area contributed by atoms with E-state index in [2.05, 4.69) is 5.32 Å². The summed E-state index contributed by atoms with van der Waals surface area (Å²) in [4.78, 5) is 23.0. The van der Waals surface area contributed by atoms with Crippen LogP contribution in [0.15, 0.2) is 24.3 Å². The highest BCUT2D eigenvalue weighted by atomic mass is 19.4. The predicted molar refractivity (Wildman–Crippen MR) is 72.1 cm³/mol. The lowest BCUT2D eigenvalue weighted by atomic mass is 9.99. The van der Waals surface area contributed by atoms with Crippen LogP contribution in [0.5, 0.6) is 0 Å². The summed E-state index contributed by atoms with van der Waals surface area (Å²) >= 11 is 0. The molecule has 1 aliphatic rings. The van der Waals surface area contributed by atoms with Crippen molar-refractivity contribution in [3.8, 4) is 0 Å². The lowest BCUT2D eigenvalue weighted by Crippen LogP contribution is -2.42. The van der Waals surface area contributed by atoms with Crippen molar-refractivity contribution in [1.82, 2.24) is 5.32 Å². The van der Waals surface area contributed by atoms with Gasteiger partial charge in [0.05, 0.1) is 5.56 Å². The van der Waals surface area contributed by atoms with E-state index in [-0.39, 0.29) is 24.8 Å². The van der Waals surface area contributed by atoms with E-state index in [1.807, 2.05) is 0 Å². The SMILES string of the molecule is CC(Cc1ccccc1C(F)(F)F)NC(=O)C1(C(=O)O)CC1.